The van der Waals surface area contributed by atoms with Crippen molar-refractivity contribution in [1.82, 2.24) is 5.32 Å². The predicted octanol–water partition coefficient (Wildman–Crippen LogP) is 3.15. The highest BCUT2D eigenvalue weighted by atomic mass is 32.1. The molecule has 2 aromatic rings. The second-order valence-corrected chi connectivity index (χ2v) is 6.04. The van der Waals surface area contributed by atoms with E-state index >= 15 is 0 Å². The number of carbonyl (C=O) groups excluding carboxylic acids is 2. The van der Waals surface area contributed by atoms with Crippen molar-refractivity contribution in [2.24, 2.45) is 0 Å². The van der Waals surface area contributed by atoms with Crippen LogP contribution in [0.2, 0.25) is 0 Å². The lowest BCUT2D eigenvalue weighted by Gasteiger charge is -2.20. The summed E-state index contributed by atoms with van der Waals surface area (Å²) in [5.41, 5.74) is 3.78. The summed E-state index contributed by atoms with van der Waals surface area (Å²) in [4.78, 5) is 25.7. The number of hydrogen-bond donors (Lipinski definition) is 1. The summed E-state index contributed by atoms with van der Waals surface area (Å²) < 4.78 is 0. The first-order chi connectivity index (χ1) is 10.5. The maximum Gasteiger partial charge on any atom is 0.252 e. The average Bonchev–Trinajstić information content (AvgIpc) is 3.00. The Morgan fingerprint density at radius 2 is 2.00 bits per heavy atom. The molecule has 0 radical (unpaired) electrons. The zero-order valence-electron chi connectivity index (χ0n) is 13.1. The normalized spacial score (nSPS) is 10.3. The summed E-state index contributed by atoms with van der Waals surface area (Å²) in [6, 6.07) is 7.76. The van der Waals surface area contributed by atoms with Crippen LogP contribution in [0, 0.1) is 13.8 Å². The zero-order valence-corrected chi connectivity index (χ0v) is 13.9. The lowest BCUT2D eigenvalue weighted by molar-refractivity contribution is -0.118. The van der Waals surface area contributed by atoms with Crippen LogP contribution in [0.5, 0.6) is 0 Å². The number of hydrogen-bond acceptors (Lipinski definition) is 3. The molecule has 1 aromatic heterocycles. The molecule has 1 aromatic carbocycles. The van der Waals surface area contributed by atoms with Crippen LogP contribution in [0.1, 0.15) is 27.9 Å². The number of nitrogens with zero attached hydrogens (tertiary/aromatic N) is 1. The number of amides is 2. The van der Waals surface area contributed by atoms with E-state index in [0.717, 1.165) is 11.3 Å². The minimum atomic E-state index is -0.136. The molecule has 5 heteroatoms. The molecule has 0 atom stereocenters. The molecule has 0 fully saturated rings. The number of benzene rings is 1. The number of anilines is 1. The Morgan fingerprint density at radius 3 is 2.64 bits per heavy atom. The minimum Gasteiger partial charge on any atom is -0.351 e. The number of nitrogens with one attached hydrogen (secondary N) is 1. The number of aryl methyl sites for hydroxylation is 2. The van der Waals surface area contributed by atoms with Gasteiger partial charge in [-0.1, -0.05) is 17.7 Å². The van der Waals surface area contributed by atoms with Crippen molar-refractivity contribution >= 4 is 28.8 Å². The van der Waals surface area contributed by atoms with Gasteiger partial charge in [0, 0.05) is 36.6 Å². The van der Waals surface area contributed by atoms with Crippen molar-refractivity contribution in [3.05, 3.63) is 51.7 Å². The molecule has 0 aliphatic heterocycles. The second-order valence-electron chi connectivity index (χ2n) is 5.26. The second kappa shape index (κ2) is 7.22. The molecule has 22 heavy (non-hydrogen) atoms. The van der Waals surface area contributed by atoms with Gasteiger partial charge in [0.1, 0.15) is 0 Å². The lowest BCUT2D eigenvalue weighted by Crippen LogP contribution is -2.32. The highest BCUT2D eigenvalue weighted by molar-refractivity contribution is 7.08. The van der Waals surface area contributed by atoms with Crippen molar-refractivity contribution in [3.63, 3.8) is 0 Å². The van der Waals surface area contributed by atoms with E-state index in [1.807, 2.05) is 31.4 Å². The Kier molecular flexibility index (Phi) is 5.33. The zero-order chi connectivity index (χ0) is 16.1. The third kappa shape index (κ3) is 3.95. The van der Waals surface area contributed by atoms with Crippen LogP contribution in [-0.2, 0) is 4.79 Å². The topological polar surface area (TPSA) is 49.4 Å². The van der Waals surface area contributed by atoms with Gasteiger partial charge in [-0.2, -0.15) is 11.3 Å². The van der Waals surface area contributed by atoms with Crippen molar-refractivity contribution in [1.29, 1.82) is 0 Å². The summed E-state index contributed by atoms with van der Waals surface area (Å²) in [5, 5.41) is 6.41. The Hall–Kier alpha value is -2.14. The van der Waals surface area contributed by atoms with Crippen LogP contribution in [0.4, 0.5) is 5.69 Å². The third-order valence-electron chi connectivity index (χ3n) is 3.50. The first-order valence-corrected chi connectivity index (χ1v) is 8.07. The predicted molar refractivity (Wildman–Crippen MR) is 90.6 cm³/mol. The smallest absolute Gasteiger partial charge is 0.252 e. The molecule has 1 N–H and O–H groups in total. The summed E-state index contributed by atoms with van der Waals surface area (Å²) in [6.07, 6.45) is 0.277. The molecule has 0 saturated carbocycles. The van der Waals surface area contributed by atoms with Crippen LogP contribution in [0.25, 0.3) is 0 Å². The van der Waals surface area contributed by atoms with Crippen LogP contribution >= 0.6 is 11.3 Å². The van der Waals surface area contributed by atoms with E-state index in [0.29, 0.717) is 12.1 Å². The Labute approximate surface area is 134 Å². The molecule has 1 heterocycles. The molecule has 2 rings (SSSR count). The number of carbonyl (C=O) groups is 2. The van der Waals surface area contributed by atoms with E-state index in [9.17, 15) is 9.59 Å². The fourth-order valence-electron chi connectivity index (χ4n) is 2.26. The Morgan fingerprint density at radius 1 is 1.23 bits per heavy atom. The number of rotatable bonds is 5. The average molecular weight is 316 g/mol. The molecular formula is C17H20N2O2S. The van der Waals surface area contributed by atoms with Crippen LogP contribution in [0.15, 0.2) is 35.0 Å². The lowest BCUT2D eigenvalue weighted by atomic mass is 10.1. The van der Waals surface area contributed by atoms with Gasteiger partial charge in [0.25, 0.3) is 5.91 Å². The van der Waals surface area contributed by atoms with Crippen LogP contribution in [-0.4, -0.2) is 25.4 Å². The standard InChI is InChI=1S/C17H20N2O2S/c1-12-4-5-15(13(2)10-12)19(3)16(20)6-8-18-17(21)14-7-9-22-11-14/h4-5,7,9-11H,6,8H2,1-3H3,(H,18,21). The van der Waals surface area contributed by atoms with Crippen molar-refractivity contribution < 1.29 is 9.59 Å². The van der Waals surface area contributed by atoms with Crippen molar-refractivity contribution in [2.75, 3.05) is 18.5 Å². The molecule has 0 spiro atoms. The van der Waals surface area contributed by atoms with Gasteiger partial charge < -0.3 is 10.2 Å². The highest BCUT2D eigenvalue weighted by Crippen LogP contribution is 2.20. The summed E-state index contributed by atoms with van der Waals surface area (Å²) in [6.45, 7) is 4.35. The molecule has 0 saturated heterocycles. The Bertz CT molecular complexity index is 665. The molecular weight excluding hydrogens is 296 g/mol. The van der Waals surface area contributed by atoms with Gasteiger partial charge in [-0.25, -0.2) is 0 Å². The van der Waals surface area contributed by atoms with Gasteiger partial charge >= 0.3 is 0 Å². The van der Waals surface area contributed by atoms with Gasteiger partial charge in [-0.3, -0.25) is 9.59 Å². The van der Waals surface area contributed by atoms with Gasteiger partial charge in [-0.05, 0) is 36.9 Å². The van der Waals surface area contributed by atoms with E-state index in [4.69, 9.17) is 0 Å². The van der Waals surface area contributed by atoms with E-state index in [1.165, 1.54) is 16.9 Å². The molecule has 4 nitrogen and oxygen atoms in total. The fourth-order valence-corrected chi connectivity index (χ4v) is 2.90. The summed E-state index contributed by atoms with van der Waals surface area (Å²) >= 11 is 1.48. The molecule has 0 unspecified atom stereocenters. The number of thiophene rings is 1. The van der Waals surface area contributed by atoms with Crippen molar-refractivity contribution in [2.45, 2.75) is 20.3 Å². The molecule has 2 amide bonds. The van der Waals surface area contributed by atoms with Gasteiger partial charge in [0.15, 0.2) is 0 Å². The molecule has 116 valence electrons. The van der Waals surface area contributed by atoms with E-state index in [2.05, 4.69) is 11.4 Å². The van der Waals surface area contributed by atoms with Crippen LogP contribution in [0.3, 0.4) is 0 Å². The van der Waals surface area contributed by atoms with E-state index < -0.39 is 0 Å². The molecule has 0 aliphatic carbocycles. The Balaban J connectivity index is 1.88. The minimum absolute atomic E-state index is 0.0161. The molecule has 0 aliphatic rings. The van der Waals surface area contributed by atoms with E-state index in [1.54, 1.807) is 23.4 Å². The summed E-state index contributed by atoms with van der Waals surface area (Å²) in [7, 11) is 1.76. The third-order valence-corrected chi connectivity index (χ3v) is 4.18. The van der Waals surface area contributed by atoms with Crippen molar-refractivity contribution in [3.8, 4) is 0 Å². The summed E-state index contributed by atoms with van der Waals surface area (Å²) in [5.74, 6) is -0.152. The van der Waals surface area contributed by atoms with Crippen LogP contribution < -0.4 is 10.2 Å². The first kappa shape index (κ1) is 16.2. The highest BCUT2D eigenvalue weighted by Gasteiger charge is 2.13. The van der Waals surface area contributed by atoms with E-state index in [-0.39, 0.29) is 18.2 Å². The van der Waals surface area contributed by atoms with Gasteiger partial charge in [-0.15, -0.1) is 0 Å². The largest absolute Gasteiger partial charge is 0.351 e. The molecule has 0 bridgehead atoms. The fraction of sp³-hybridized carbons (Fsp3) is 0.294. The SMILES string of the molecule is Cc1ccc(N(C)C(=O)CCNC(=O)c2ccsc2)c(C)c1. The maximum absolute atomic E-state index is 12.2. The quantitative estimate of drug-likeness (QED) is 0.921. The monoisotopic (exact) mass is 316 g/mol. The van der Waals surface area contributed by atoms with Gasteiger partial charge in [0.05, 0.1) is 0 Å². The van der Waals surface area contributed by atoms with Gasteiger partial charge in [0.2, 0.25) is 5.91 Å². The maximum atomic E-state index is 12.2. The first-order valence-electron chi connectivity index (χ1n) is 7.13.